The Kier molecular flexibility index (Phi) is 9.54. The molecule has 5 rings (SSSR count). The van der Waals surface area contributed by atoms with Crippen LogP contribution in [0.25, 0.3) is 0 Å². The van der Waals surface area contributed by atoms with Gasteiger partial charge < -0.3 is 30.4 Å². The van der Waals surface area contributed by atoms with Gasteiger partial charge in [-0.2, -0.15) is 0 Å². The fraction of sp³-hybridized carbons (Fsp3) is 0.581. The maximum atomic E-state index is 13.4. The number of likely N-dealkylation sites (tertiary alicyclic amines) is 1. The molecule has 9 nitrogen and oxygen atoms in total. The second-order valence-electron chi connectivity index (χ2n) is 11.6. The number of aromatic nitrogens is 1. The van der Waals surface area contributed by atoms with Crippen molar-refractivity contribution in [2.45, 2.75) is 51.0 Å². The molecule has 3 aliphatic rings. The third kappa shape index (κ3) is 7.52. The number of carboxylic acid groups (broad SMARTS) is 1. The van der Waals surface area contributed by atoms with Crippen LogP contribution in [-0.2, 0) is 22.4 Å². The summed E-state index contributed by atoms with van der Waals surface area (Å²) in [6, 6.07) is 11.8. The molecule has 3 N–H and O–H groups in total. The average molecular weight is 549 g/mol. The Labute approximate surface area is 237 Å². The van der Waals surface area contributed by atoms with Crippen LogP contribution in [0, 0.1) is 5.92 Å². The second kappa shape index (κ2) is 13.5. The lowest BCUT2D eigenvalue weighted by atomic mass is 9.95. The Hall–Kier alpha value is -3.17. The van der Waals surface area contributed by atoms with E-state index in [-0.39, 0.29) is 18.2 Å². The molecule has 0 radical (unpaired) electrons. The molecule has 3 aliphatic heterocycles. The van der Waals surface area contributed by atoms with Crippen LogP contribution < -0.4 is 15.5 Å². The van der Waals surface area contributed by atoms with Crippen molar-refractivity contribution in [3.05, 3.63) is 53.2 Å². The van der Waals surface area contributed by atoms with Crippen molar-refractivity contribution >= 4 is 23.4 Å². The van der Waals surface area contributed by atoms with Crippen molar-refractivity contribution in [2.24, 2.45) is 5.92 Å². The number of likely N-dealkylation sites (N-methyl/N-ethyl adjacent to an activating group) is 1. The Morgan fingerprint density at radius 2 is 1.98 bits per heavy atom. The van der Waals surface area contributed by atoms with Gasteiger partial charge in [-0.3, -0.25) is 9.59 Å². The number of amides is 1. The van der Waals surface area contributed by atoms with E-state index in [1.807, 2.05) is 12.1 Å². The fourth-order valence-corrected chi connectivity index (χ4v) is 6.18. The quantitative estimate of drug-likeness (QED) is 0.416. The number of nitrogens with one attached hydrogen (secondary N) is 2. The normalized spacial score (nSPS) is 20.8. The molecule has 1 amide bonds. The summed E-state index contributed by atoms with van der Waals surface area (Å²) in [5.74, 6) is -0.0321. The number of rotatable bonds is 10. The summed E-state index contributed by atoms with van der Waals surface area (Å²) in [5.41, 5.74) is 4.37. The molecule has 1 aromatic heterocycles. The molecule has 1 aromatic carbocycles. The van der Waals surface area contributed by atoms with Gasteiger partial charge in [0.05, 0.1) is 18.4 Å². The molecule has 2 fully saturated rings. The van der Waals surface area contributed by atoms with Gasteiger partial charge in [-0.25, -0.2) is 4.98 Å². The molecule has 0 saturated carbocycles. The predicted molar refractivity (Wildman–Crippen MR) is 158 cm³/mol. The first-order valence-electron chi connectivity index (χ1n) is 15.0. The SMILES string of the molecule is CN1CCN(c2cccc(C(CC(=O)O)NC(=O)C3CCCN(CCCc4ccc5c(n4)NCCC5)C3)c2)CC1. The lowest BCUT2D eigenvalue weighted by Crippen LogP contribution is -2.45. The third-order valence-electron chi connectivity index (χ3n) is 8.57. The van der Waals surface area contributed by atoms with Crippen molar-refractivity contribution in [2.75, 3.05) is 69.6 Å². The van der Waals surface area contributed by atoms with E-state index in [2.05, 4.69) is 56.6 Å². The third-order valence-corrected chi connectivity index (χ3v) is 8.57. The Balaban J connectivity index is 1.15. The zero-order chi connectivity index (χ0) is 27.9. The highest BCUT2D eigenvalue weighted by Crippen LogP contribution is 2.26. The van der Waals surface area contributed by atoms with Crippen LogP contribution in [0.5, 0.6) is 0 Å². The van der Waals surface area contributed by atoms with Gasteiger partial charge in [0.1, 0.15) is 5.82 Å². The molecule has 9 heteroatoms. The molecule has 2 unspecified atom stereocenters. The van der Waals surface area contributed by atoms with E-state index >= 15 is 0 Å². The highest BCUT2D eigenvalue weighted by molar-refractivity contribution is 5.80. The Bertz CT molecular complexity index is 1170. The van der Waals surface area contributed by atoms with Crippen LogP contribution in [0.15, 0.2) is 36.4 Å². The number of nitrogens with zero attached hydrogens (tertiary/aromatic N) is 4. The monoisotopic (exact) mass is 548 g/mol. The van der Waals surface area contributed by atoms with E-state index in [4.69, 9.17) is 4.98 Å². The van der Waals surface area contributed by atoms with Crippen molar-refractivity contribution in [1.29, 1.82) is 0 Å². The molecular formula is C31H44N6O3. The molecule has 0 spiro atoms. The smallest absolute Gasteiger partial charge is 0.305 e. The highest BCUT2D eigenvalue weighted by atomic mass is 16.4. The van der Waals surface area contributed by atoms with Crippen LogP contribution >= 0.6 is 0 Å². The zero-order valence-electron chi connectivity index (χ0n) is 23.8. The van der Waals surface area contributed by atoms with Crippen molar-refractivity contribution in [1.82, 2.24) is 20.1 Å². The minimum atomic E-state index is -0.911. The molecule has 2 atom stereocenters. The van der Waals surface area contributed by atoms with E-state index in [1.165, 1.54) is 5.56 Å². The standard InChI is InChI=1S/C31H44N6O3/c1-35-16-18-37(19-17-35)27-10-2-6-24(20-27)28(21-29(38)39)34-31(40)25-8-4-14-36(22-25)15-5-9-26-12-11-23-7-3-13-32-30(23)33-26/h2,6,10-12,20,25,28H,3-5,7-9,13-19,21-22H2,1H3,(H,32,33)(H,34,40)(H,38,39). The van der Waals surface area contributed by atoms with E-state index in [9.17, 15) is 14.7 Å². The molecule has 2 aromatic rings. The Morgan fingerprint density at radius 1 is 1.12 bits per heavy atom. The first kappa shape index (κ1) is 28.4. The van der Waals surface area contributed by atoms with Gasteiger partial charge in [-0.1, -0.05) is 18.2 Å². The number of benzene rings is 1. The van der Waals surface area contributed by atoms with Crippen LogP contribution in [0.1, 0.15) is 55.0 Å². The molecule has 216 valence electrons. The minimum absolute atomic E-state index is 0.0385. The van der Waals surface area contributed by atoms with Gasteiger partial charge in [0.25, 0.3) is 0 Å². The highest BCUT2D eigenvalue weighted by Gasteiger charge is 2.28. The number of fused-ring (bicyclic) bond motifs is 1. The lowest BCUT2D eigenvalue weighted by Gasteiger charge is -2.35. The predicted octanol–water partition coefficient (Wildman–Crippen LogP) is 3.17. The van der Waals surface area contributed by atoms with Gasteiger partial charge in [0.15, 0.2) is 0 Å². The van der Waals surface area contributed by atoms with Crippen LogP contribution in [0.2, 0.25) is 0 Å². The summed E-state index contributed by atoms with van der Waals surface area (Å²) in [7, 11) is 2.13. The second-order valence-corrected chi connectivity index (χ2v) is 11.6. The summed E-state index contributed by atoms with van der Waals surface area (Å²) in [4.78, 5) is 37.0. The van der Waals surface area contributed by atoms with Crippen molar-refractivity contribution in [3.8, 4) is 0 Å². The maximum Gasteiger partial charge on any atom is 0.305 e. The van der Waals surface area contributed by atoms with Gasteiger partial charge in [-0.05, 0) is 88.0 Å². The zero-order valence-corrected chi connectivity index (χ0v) is 23.8. The number of hydrogen-bond donors (Lipinski definition) is 3. The van der Waals surface area contributed by atoms with Crippen LogP contribution in [0.4, 0.5) is 11.5 Å². The summed E-state index contributed by atoms with van der Waals surface area (Å²) >= 11 is 0. The number of carbonyl (C=O) groups excluding carboxylic acids is 1. The number of hydrogen-bond acceptors (Lipinski definition) is 7. The maximum absolute atomic E-state index is 13.4. The van der Waals surface area contributed by atoms with Crippen molar-refractivity contribution in [3.63, 3.8) is 0 Å². The average Bonchev–Trinajstić information content (AvgIpc) is 2.97. The largest absolute Gasteiger partial charge is 0.481 e. The minimum Gasteiger partial charge on any atom is -0.481 e. The van der Waals surface area contributed by atoms with Gasteiger partial charge in [-0.15, -0.1) is 0 Å². The fourth-order valence-electron chi connectivity index (χ4n) is 6.18. The van der Waals surface area contributed by atoms with Crippen LogP contribution in [0.3, 0.4) is 0 Å². The number of pyridine rings is 1. The van der Waals surface area contributed by atoms with Crippen molar-refractivity contribution < 1.29 is 14.7 Å². The number of carbonyl (C=O) groups is 2. The lowest BCUT2D eigenvalue weighted by molar-refractivity contribution is -0.138. The molecule has 2 saturated heterocycles. The molecule has 40 heavy (non-hydrogen) atoms. The summed E-state index contributed by atoms with van der Waals surface area (Å²) in [5, 5.41) is 16.2. The topological polar surface area (TPSA) is 101 Å². The number of aryl methyl sites for hydroxylation is 2. The number of piperidine rings is 1. The van der Waals surface area contributed by atoms with E-state index in [1.54, 1.807) is 0 Å². The number of piperazine rings is 1. The van der Waals surface area contributed by atoms with E-state index in [0.29, 0.717) is 6.54 Å². The Morgan fingerprint density at radius 3 is 2.80 bits per heavy atom. The number of aliphatic carboxylic acids is 1. The molecule has 0 aliphatic carbocycles. The number of carboxylic acids is 1. The summed E-state index contributed by atoms with van der Waals surface area (Å²) in [6.07, 6.45) is 5.87. The van der Waals surface area contributed by atoms with Gasteiger partial charge >= 0.3 is 5.97 Å². The summed E-state index contributed by atoms with van der Waals surface area (Å²) < 4.78 is 0. The molecular weight excluding hydrogens is 504 g/mol. The molecule has 0 bridgehead atoms. The molecule has 4 heterocycles. The van der Waals surface area contributed by atoms with Crippen LogP contribution in [-0.4, -0.2) is 91.2 Å². The summed E-state index contributed by atoms with van der Waals surface area (Å²) in [6.45, 7) is 7.51. The number of anilines is 2. The van der Waals surface area contributed by atoms with E-state index < -0.39 is 12.0 Å². The van der Waals surface area contributed by atoms with Gasteiger partial charge in [0, 0.05) is 50.6 Å². The first-order chi connectivity index (χ1) is 19.4. The first-order valence-corrected chi connectivity index (χ1v) is 15.0. The van der Waals surface area contributed by atoms with E-state index in [0.717, 1.165) is 107 Å². The van der Waals surface area contributed by atoms with Gasteiger partial charge in [0.2, 0.25) is 5.91 Å².